The molecule has 19 heavy (non-hydrogen) atoms. The lowest BCUT2D eigenvalue weighted by atomic mass is 10.0. The lowest BCUT2D eigenvalue weighted by molar-refractivity contribution is -0.122. The van der Waals surface area contributed by atoms with Gasteiger partial charge in [-0.3, -0.25) is 14.6 Å². The zero-order valence-corrected chi connectivity index (χ0v) is 11.5. The van der Waals surface area contributed by atoms with E-state index in [0.717, 1.165) is 5.56 Å². The maximum Gasteiger partial charge on any atom is 0.272 e. The Balaban J connectivity index is 2.90. The fraction of sp³-hybridized carbons (Fsp3) is 0.385. The Bertz CT molecular complexity index is 531. The predicted molar refractivity (Wildman–Crippen MR) is 72.8 cm³/mol. The van der Waals surface area contributed by atoms with Gasteiger partial charge in [-0.2, -0.15) is 4.99 Å². The molecule has 0 aromatic carbocycles. The van der Waals surface area contributed by atoms with Crippen LogP contribution >= 0.6 is 0 Å². The number of nitrogens with zero attached hydrogens (tertiary/aromatic N) is 2. The number of aromatic nitrogens is 1. The van der Waals surface area contributed by atoms with Crippen LogP contribution < -0.4 is 11.1 Å². The van der Waals surface area contributed by atoms with Crippen molar-refractivity contribution in [1.82, 2.24) is 10.3 Å². The number of pyridine rings is 1. The van der Waals surface area contributed by atoms with Crippen molar-refractivity contribution < 1.29 is 9.59 Å². The molecule has 6 heteroatoms. The van der Waals surface area contributed by atoms with Crippen molar-refractivity contribution in [3.05, 3.63) is 29.6 Å². The molecule has 0 saturated heterocycles. The van der Waals surface area contributed by atoms with Crippen LogP contribution in [-0.4, -0.2) is 28.2 Å². The summed E-state index contributed by atoms with van der Waals surface area (Å²) in [6.07, 6.45) is 1.53. The quantitative estimate of drug-likeness (QED) is 0.622. The average Bonchev–Trinajstić information content (AvgIpc) is 2.27. The van der Waals surface area contributed by atoms with Gasteiger partial charge in [-0.05, 0) is 39.3 Å². The van der Waals surface area contributed by atoms with Gasteiger partial charge in [0, 0.05) is 6.20 Å². The summed E-state index contributed by atoms with van der Waals surface area (Å²) in [4.78, 5) is 31.5. The molecule has 0 spiro atoms. The number of hydrogen-bond donors (Lipinski definition) is 2. The number of rotatable bonds is 3. The van der Waals surface area contributed by atoms with E-state index in [-0.39, 0.29) is 11.5 Å². The SMILES string of the molecule is CC(N)=NC(=O)C(C)(C)NC(=O)c1ncccc1C. The van der Waals surface area contributed by atoms with E-state index < -0.39 is 17.4 Å². The number of amidine groups is 1. The molecule has 0 atom stereocenters. The van der Waals surface area contributed by atoms with Crippen LogP contribution in [0.2, 0.25) is 0 Å². The van der Waals surface area contributed by atoms with Gasteiger partial charge in [-0.25, -0.2) is 0 Å². The lowest BCUT2D eigenvalue weighted by Gasteiger charge is -2.22. The Hall–Kier alpha value is -2.24. The Kier molecular flexibility index (Phi) is 4.37. The first kappa shape index (κ1) is 14.8. The van der Waals surface area contributed by atoms with Gasteiger partial charge in [0.1, 0.15) is 11.2 Å². The van der Waals surface area contributed by atoms with Crippen molar-refractivity contribution in [3.8, 4) is 0 Å². The summed E-state index contributed by atoms with van der Waals surface area (Å²) in [5.41, 5.74) is 5.25. The minimum Gasteiger partial charge on any atom is -0.387 e. The minimum atomic E-state index is -1.14. The molecule has 0 saturated carbocycles. The van der Waals surface area contributed by atoms with E-state index in [1.807, 2.05) is 0 Å². The molecule has 1 rings (SSSR count). The molecule has 1 heterocycles. The predicted octanol–water partition coefficient (Wildman–Crippen LogP) is 0.802. The van der Waals surface area contributed by atoms with Gasteiger partial charge < -0.3 is 11.1 Å². The monoisotopic (exact) mass is 262 g/mol. The average molecular weight is 262 g/mol. The topological polar surface area (TPSA) is 97.4 Å². The normalized spacial score (nSPS) is 12.1. The van der Waals surface area contributed by atoms with Crippen LogP contribution in [0.5, 0.6) is 0 Å². The van der Waals surface area contributed by atoms with Gasteiger partial charge in [0.2, 0.25) is 0 Å². The Morgan fingerprint density at radius 2 is 2.05 bits per heavy atom. The van der Waals surface area contributed by atoms with Gasteiger partial charge >= 0.3 is 0 Å². The highest BCUT2D eigenvalue weighted by molar-refractivity contribution is 6.01. The first-order chi connectivity index (χ1) is 8.74. The first-order valence-corrected chi connectivity index (χ1v) is 5.83. The Morgan fingerprint density at radius 3 is 2.58 bits per heavy atom. The van der Waals surface area contributed by atoms with Crippen LogP contribution in [0.4, 0.5) is 0 Å². The second-order valence-electron chi connectivity index (χ2n) is 4.81. The number of carbonyl (C=O) groups excluding carboxylic acids is 2. The van der Waals surface area contributed by atoms with Crippen molar-refractivity contribution in [3.63, 3.8) is 0 Å². The second-order valence-corrected chi connectivity index (χ2v) is 4.81. The molecule has 0 aliphatic heterocycles. The van der Waals surface area contributed by atoms with Gasteiger partial charge in [0.25, 0.3) is 11.8 Å². The third-order valence-electron chi connectivity index (χ3n) is 2.46. The van der Waals surface area contributed by atoms with E-state index in [9.17, 15) is 9.59 Å². The largest absolute Gasteiger partial charge is 0.387 e. The smallest absolute Gasteiger partial charge is 0.272 e. The Labute approximate surface area is 112 Å². The second kappa shape index (κ2) is 5.60. The molecule has 0 radical (unpaired) electrons. The van der Waals surface area contributed by atoms with Crippen LogP contribution in [0.1, 0.15) is 36.8 Å². The molecule has 0 unspecified atom stereocenters. The standard InChI is InChI=1S/C13H18N4O2/c1-8-6-5-7-15-10(8)11(18)17-13(3,4)12(19)16-9(2)14/h5-7H,1-4H3,(H,17,18)(H2,14,16,19). The molecule has 0 bridgehead atoms. The number of hydrogen-bond acceptors (Lipinski definition) is 3. The van der Waals surface area contributed by atoms with Gasteiger partial charge in [0.15, 0.2) is 0 Å². The molecule has 0 fully saturated rings. The molecule has 1 aromatic rings. The summed E-state index contributed by atoms with van der Waals surface area (Å²) >= 11 is 0. The number of amides is 2. The highest BCUT2D eigenvalue weighted by Crippen LogP contribution is 2.09. The van der Waals surface area contributed by atoms with Crippen LogP contribution in [0, 0.1) is 6.92 Å². The van der Waals surface area contributed by atoms with E-state index in [2.05, 4.69) is 15.3 Å². The van der Waals surface area contributed by atoms with Crippen molar-refractivity contribution in [1.29, 1.82) is 0 Å². The summed E-state index contributed by atoms with van der Waals surface area (Å²) in [6, 6.07) is 3.52. The molecule has 102 valence electrons. The van der Waals surface area contributed by atoms with Crippen molar-refractivity contribution in [2.75, 3.05) is 0 Å². The number of nitrogens with two attached hydrogens (primary N) is 1. The van der Waals surface area contributed by atoms with E-state index in [0.29, 0.717) is 0 Å². The molecule has 0 aliphatic rings. The molecule has 3 N–H and O–H groups in total. The molecular formula is C13H18N4O2. The number of carbonyl (C=O) groups is 2. The van der Waals surface area contributed by atoms with Crippen LogP contribution in [-0.2, 0) is 4.79 Å². The molecule has 0 aliphatic carbocycles. The van der Waals surface area contributed by atoms with Crippen molar-refractivity contribution >= 4 is 17.6 Å². The van der Waals surface area contributed by atoms with E-state index >= 15 is 0 Å². The number of aliphatic imine (C=N–C) groups is 1. The van der Waals surface area contributed by atoms with E-state index in [1.165, 1.54) is 13.1 Å². The molecule has 2 amide bonds. The van der Waals surface area contributed by atoms with E-state index in [1.54, 1.807) is 32.9 Å². The lowest BCUT2D eigenvalue weighted by Crippen LogP contribution is -2.49. The number of nitrogens with one attached hydrogen (secondary N) is 1. The fourth-order valence-corrected chi connectivity index (χ4v) is 1.42. The summed E-state index contributed by atoms with van der Waals surface area (Å²) in [7, 11) is 0. The van der Waals surface area contributed by atoms with Gasteiger partial charge in [-0.1, -0.05) is 6.07 Å². The van der Waals surface area contributed by atoms with Gasteiger partial charge in [-0.15, -0.1) is 0 Å². The summed E-state index contributed by atoms with van der Waals surface area (Å²) < 4.78 is 0. The summed E-state index contributed by atoms with van der Waals surface area (Å²) in [5.74, 6) is -0.767. The van der Waals surface area contributed by atoms with Crippen molar-refractivity contribution in [2.45, 2.75) is 33.2 Å². The molecular weight excluding hydrogens is 244 g/mol. The fourth-order valence-electron chi connectivity index (χ4n) is 1.42. The molecule has 6 nitrogen and oxygen atoms in total. The minimum absolute atomic E-state index is 0.154. The molecule has 1 aromatic heterocycles. The maximum absolute atomic E-state index is 12.1. The number of aryl methyl sites for hydroxylation is 1. The zero-order chi connectivity index (χ0) is 14.6. The third-order valence-corrected chi connectivity index (χ3v) is 2.46. The first-order valence-electron chi connectivity index (χ1n) is 5.83. The summed E-state index contributed by atoms with van der Waals surface area (Å²) in [6.45, 7) is 6.42. The maximum atomic E-state index is 12.1. The van der Waals surface area contributed by atoms with Gasteiger partial charge in [0.05, 0.1) is 5.84 Å². The van der Waals surface area contributed by atoms with Crippen LogP contribution in [0.25, 0.3) is 0 Å². The van der Waals surface area contributed by atoms with Crippen LogP contribution in [0.15, 0.2) is 23.3 Å². The Morgan fingerprint density at radius 1 is 1.42 bits per heavy atom. The van der Waals surface area contributed by atoms with Crippen LogP contribution in [0.3, 0.4) is 0 Å². The van der Waals surface area contributed by atoms with E-state index in [4.69, 9.17) is 5.73 Å². The zero-order valence-electron chi connectivity index (χ0n) is 11.5. The highest BCUT2D eigenvalue weighted by atomic mass is 16.2. The summed E-state index contributed by atoms with van der Waals surface area (Å²) in [5, 5.41) is 2.60. The van der Waals surface area contributed by atoms with Crippen molar-refractivity contribution in [2.24, 2.45) is 10.7 Å². The highest BCUT2D eigenvalue weighted by Gasteiger charge is 2.30. The third kappa shape index (κ3) is 3.87.